The molecule has 0 unspecified atom stereocenters. The van der Waals surface area contributed by atoms with Crippen LogP contribution < -0.4 is 0 Å². The number of nitrogens with zero attached hydrogens (tertiary/aromatic N) is 2. The van der Waals surface area contributed by atoms with Crippen LogP contribution in [-0.2, 0) is 6.18 Å². The Morgan fingerprint density at radius 2 is 1.87 bits per heavy atom. The quantitative estimate of drug-likeness (QED) is 0.706. The first-order chi connectivity index (χ1) is 7.09. The third-order valence-electron chi connectivity index (χ3n) is 2.88. The number of halogens is 3. The van der Waals surface area contributed by atoms with E-state index in [2.05, 4.69) is 5.10 Å². The highest BCUT2D eigenvalue weighted by molar-refractivity contribution is 5.06. The van der Waals surface area contributed by atoms with Crippen molar-refractivity contribution in [2.45, 2.75) is 44.3 Å². The monoisotopic (exact) mass is 218 g/mol. The number of alkyl halides is 3. The second-order valence-electron chi connectivity index (χ2n) is 3.95. The summed E-state index contributed by atoms with van der Waals surface area (Å²) in [6.45, 7) is 0. The molecule has 2 nitrogen and oxygen atoms in total. The summed E-state index contributed by atoms with van der Waals surface area (Å²) in [4.78, 5) is 0. The molecule has 0 radical (unpaired) electrons. The zero-order valence-electron chi connectivity index (χ0n) is 8.30. The second-order valence-corrected chi connectivity index (χ2v) is 3.95. The van der Waals surface area contributed by atoms with E-state index in [-0.39, 0.29) is 6.04 Å². The van der Waals surface area contributed by atoms with Gasteiger partial charge in [0.2, 0.25) is 0 Å². The number of rotatable bonds is 1. The SMILES string of the molecule is FC(F)(F)c1ccnn1C1CCCCC1. The molecule has 84 valence electrons. The van der Waals surface area contributed by atoms with Crippen molar-refractivity contribution in [1.29, 1.82) is 0 Å². The standard InChI is InChI=1S/C10H13F3N2/c11-10(12,13)9-6-7-14-15(9)8-4-2-1-3-5-8/h6-8H,1-5H2. The fraction of sp³-hybridized carbons (Fsp3) is 0.700. The highest BCUT2D eigenvalue weighted by Gasteiger charge is 2.36. The van der Waals surface area contributed by atoms with E-state index < -0.39 is 11.9 Å². The molecular formula is C10H13F3N2. The largest absolute Gasteiger partial charge is 0.433 e. The van der Waals surface area contributed by atoms with Crippen LogP contribution in [-0.4, -0.2) is 9.78 Å². The lowest BCUT2D eigenvalue weighted by atomic mass is 9.95. The van der Waals surface area contributed by atoms with E-state index in [0.29, 0.717) is 0 Å². The molecule has 1 fully saturated rings. The van der Waals surface area contributed by atoms with Gasteiger partial charge in [-0.1, -0.05) is 19.3 Å². The van der Waals surface area contributed by atoms with Gasteiger partial charge in [0.25, 0.3) is 0 Å². The van der Waals surface area contributed by atoms with Gasteiger partial charge in [0.1, 0.15) is 5.69 Å². The summed E-state index contributed by atoms with van der Waals surface area (Å²) in [5, 5.41) is 3.80. The van der Waals surface area contributed by atoms with E-state index in [1.807, 2.05) is 0 Å². The van der Waals surface area contributed by atoms with Crippen molar-refractivity contribution in [3.63, 3.8) is 0 Å². The Morgan fingerprint density at radius 1 is 1.20 bits per heavy atom. The van der Waals surface area contributed by atoms with E-state index in [9.17, 15) is 13.2 Å². The van der Waals surface area contributed by atoms with Gasteiger partial charge in [-0.25, -0.2) is 0 Å². The van der Waals surface area contributed by atoms with Crippen LogP contribution in [0.4, 0.5) is 13.2 Å². The summed E-state index contributed by atoms with van der Waals surface area (Å²) < 4.78 is 38.9. The molecule has 0 atom stereocenters. The van der Waals surface area contributed by atoms with Crippen molar-refractivity contribution in [2.24, 2.45) is 0 Å². The van der Waals surface area contributed by atoms with Crippen LogP contribution >= 0.6 is 0 Å². The molecule has 1 saturated carbocycles. The Balaban J connectivity index is 2.24. The van der Waals surface area contributed by atoms with Gasteiger partial charge in [-0.05, 0) is 18.9 Å². The van der Waals surface area contributed by atoms with E-state index in [1.165, 1.54) is 6.20 Å². The molecule has 0 aliphatic heterocycles. The van der Waals surface area contributed by atoms with Crippen LogP contribution in [0, 0.1) is 0 Å². The average Bonchev–Trinajstić information content (AvgIpc) is 2.67. The third kappa shape index (κ3) is 2.16. The Bertz CT molecular complexity index is 324. The molecular weight excluding hydrogens is 205 g/mol. The maximum absolute atomic E-state index is 12.6. The maximum atomic E-state index is 12.6. The van der Waals surface area contributed by atoms with Crippen molar-refractivity contribution < 1.29 is 13.2 Å². The number of hydrogen-bond donors (Lipinski definition) is 0. The summed E-state index contributed by atoms with van der Waals surface area (Å²) in [6, 6.07) is 0.986. The minimum Gasteiger partial charge on any atom is -0.257 e. The first-order valence-electron chi connectivity index (χ1n) is 5.20. The summed E-state index contributed by atoms with van der Waals surface area (Å²) in [5.74, 6) is 0. The Kier molecular flexibility index (Phi) is 2.71. The van der Waals surface area contributed by atoms with Gasteiger partial charge in [0, 0.05) is 6.20 Å². The van der Waals surface area contributed by atoms with Crippen molar-refractivity contribution in [2.75, 3.05) is 0 Å². The number of aromatic nitrogens is 2. The average molecular weight is 218 g/mol. The maximum Gasteiger partial charge on any atom is 0.433 e. The van der Waals surface area contributed by atoms with Gasteiger partial charge >= 0.3 is 6.18 Å². The van der Waals surface area contributed by atoms with Crippen LogP contribution in [0.5, 0.6) is 0 Å². The van der Waals surface area contributed by atoms with Gasteiger partial charge in [-0.15, -0.1) is 0 Å². The lowest BCUT2D eigenvalue weighted by molar-refractivity contribution is -0.145. The number of hydrogen-bond acceptors (Lipinski definition) is 1. The van der Waals surface area contributed by atoms with Crippen molar-refractivity contribution in [3.05, 3.63) is 18.0 Å². The minimum absolute atomic E-state index is 0.0645. The molecule has 1 heterocycles. The molecule has 0 aromatic carbocycles. The van der Waals surface area contributed by atoms with E-state index >= 15 is 0 Å². The predicted octanol–water partition coefficient (Wildman–Crippen LogP) is 3.41. The van der Waals surface area contributed by atoms with E-state index in [4.69, 9.17) is 0 Å². The zero-order valence-corrected chi connectivity index (χ0v) is 8.30. The molecule has 1 aliphatic rings. The van der Waals surface area contributed by atoms with Crippen molar-refractivity contribution in [1.82, 2.24) is 9.78 Å². The fourth-order valence-corrected chi connectivity index (χ4v) is 2.16. The minimum atomic E-state index is -4.28. The predicted molar refractivity (Wildman–Crippen MR) is 49.4 cm³/mol. The molecule has 0 spiro atoms. The molecule has 0 saturated heterocycles. The summed E-state index contributed by atoms with van der Waals surface area (Å²) in [5.41, 5.74) is -0.616. The molecule has 0 N–H and O–H groups in total. The molecule has 1 aromatic rings. The van der Waals surface area contributed by atoms with Gasteiger partial charge in [-0.2, -0.15) is 18.3 Å². The van der Waals surface area contributed by atoms with Crippen LogP contribution in [0.3, 0.4) is 0 Å². The lowest BCUT2D eigenvalue weighted by Gasteiger charge is -2.24. The van der Waals surface area contributed by atoms with Crippen LogP contribution in [0.15, 0.2) is 12.3 Å². The molecule has 1 aliphatic carbocycles. The van der Waals surface area contributed by atoms with Crippen molar-refractivity contribution in [3.8, 4) is 0 Å². The van der Waals surface area contributed by atoms with Gasteiger partial charge in [-0.3, -0.25) is 4.68 Å². The first kappa shape index (κ1) is 10.5. The molecule has 5 heteroatoms. The lowest BCUT2D eigenvalue weighted by Crippen LogP contribution is -2.21. The highest BCUT2D eigenvalue weighted by Crippen LogP contribution is 2.34. The Labute approximate surface area is 86.1 Å². The molecule has 1 aromatic heterocycles. The summed E-state index contributed by atoms with van der Waals surface area (Å²) in [7, 11) is 0. The smallest absolute Gasteiger partial charge is 0.257 e. The zero-order chi connectivity index (χ0) is 10.9. The summed E-state index contributed by atoms with van der Waals surface area (Å²) in [6.07, 6.45) is 1.70. The first-order valence-corrected chi connectivity index (χ1v) is 5.20. The third-order valence-corrected chi connectivity index (χ3v) is 2.88. The second kappa shape index (κ2) is 3.87. The Hall–Kier alpha value is -1.00. The molecule has 2 rings (SSSR count). The van der Waals surface area contributed by atoms with E-state index in [1.54, 1.807) is 0 Å². The normalized spacial score (nSPS) is 19.4. The van der Waals surface area contributed by atoms with Crippen LogP contribution in [0.25, 0.3) is 0 Å². The van der Waals surface area contributed by atoms with Crippen molar-refractivity contribution >= 4 is 0 Å². The Morgan fingerprint density at radius 3 is 2.47 bits per heavy atom. The highest BCUT2D eigenvalue weighted by atomic mass is 19.4. The van der Waals surface area contributed by atoms with Crippen LogP contribution in [0.2, 0.25) is 0 Å². The summed E-state index contributed by atoms with van der Waals surface area (Å²) >= 11 is 0. The molecule has 0 bridgehead atoms. The van der Waals surface area contributed by atoms with Gasteiger partial charge < -0.3 is 0 Å². The van der Waals surface area contributed by atoms with Crippen LogP contribution in [0.1, 0.15) is 43.8 Å². The molecule has 15 heavy (non-hydrogen) atoms. The topological polar surface area (TPSA) is 17.8 Å². The van der Waals surface area contributed by atoms with Gasteiger partial charge in [0.05, 0.1) is 6.04 Å². The molecule has 0 amide bonds. The van der Waals surface area contributed by atoms with E-state index in [0.717, 1.165) is 42.9 Å². The fourth-order valence-electron chi connectivity index (χ4n) is 2.16. The van der Waals surface area contributed by atoms with Gasteiger partial charge in [0.15, 0.2) is 0 Å².